The average molecular weight is 1120 g/mol. The van der Waals surface area contributed by atoms with Gasteiger partial charge < -0.3 is 10.8 Å². The minimum absolute atomic E-state index is 0.00741. The van der Waals surface area contributed by atoms with Gasteiger partial charge in [0.1, 0.15) is 11.6 Å². The first-order valence-corrected chi connectivity index (χ1v) is 29.2. The van der Waals surface area contributed by atoms with E-state index in [1.165, 1.54) is 24.0 Å². The van der Waals surface area contributed by atoms with E-state index in [-0.39, 0.29) is 29.4 Å². The number of nitrogen functional groups attached to an aromatic ring is 1. The number of β-amino-alcohol motifs (C(OH)–C–C–N with tert-alkyl or cyclic N) is 1. The van der Waals surface area contributed by atoms with Crippen LogP contribution in [0.3, 0.4) is 0 Å². The van der Waals surface area contributed by atoms with Crippen LogP contribution in [-0.2, 0) is 25.9 Å². The standard InChI is InChI=1S/C25H20N4O.C23H21N3O2.C23H21N3O/c26-25-28-22(17-8-2-1-3-9-17)21-23(29-25)20-15-16(12-13-19(20)24(21)30)7-6-11-18-10-4-5-14-27-18;1-14-24-21(16-5-3-2-4-6-16)20-22(25-14)19-11-15(7-8-18(19)23(20)28)12-26-10-9-17(27)13-26;1-15-24-21(17-7-3-2-4-8-17)20-22(25-15)19-13-16(9-10-18(19)23(20)27)14-26-11-5-6-12-26/h1-5,8-10,12-15H,6-7,11H2,(H2,26,28,29);2-8,11,17,27H,9-10,12-13H2,1H3;2-4,7-10,13H,5-6,11-12,14H2,1H3. The molecule has 0 spiro atoms. The molecule has 3 N–H and O–H groups in total. The lowest BCUT2D eigenvalue weighted by atomic mass is 10.0. The van der Waals surface area contributed by atoms with Crippen molar-refractivity contribution in [3.8, 4) is 67.5 Å². The van der Waals surface area contributed by atoms with Crippen molar-refractivity contribution in [2.24, 2.45) is 0 Å². The summed E-state index contributed by atoms with van der Waals surface area (Å²) < 4.78 is 0. The maximum atomic E-state index is 13.2. The highest BCUT2D eigenvalue weighted by Crippen LogP contribution is 2.44. The third-order valence-electron chi connectivity index (χ3n) is 16.4. The van der Waals surface area contributed by atoms with E-state index in [1.807, 2.05) is 160 Å². The number of aliphatic hydroxyl groups excluding tert-OH is 1. The number of nitrogens with two attached hydrogens (primary N) is 1. The van der Waals surface area contributed by atoms with Gasteiger partial charge in [0.05, 0.1) is 57.0 Å². The molecule has 0 bridgehead atoms. The number of nitrogens with zero attached hydrogens (tertiary/aromatic N) is 9. The number of fused-ring (bicyclic) bond motifs is 9. The number of likely N-dealkylation sites (tertiary alicyclic amines) is 2. The average Bonchev–Trinajstić information content (AvgIpc) is 2.27. The van der Waals surface area contributed by atoms with E-state index in [2.05, 4.69) is 69.0 Å². The first kappa shape index (κ1) is 54.6. The van der Waals surface area contributed by atoms with Crippen molar-refractivity contribution in [1.82, 2.24) is 44.7 Å². The third-order valence-corrected chi connectivity index (χ3v) is 16.4. The first-order valence-electron chi connectivity index (χ1n) is 29.2. The van der Waals surface area contributed by atoms with Crippen LogP contribution >= 0.6 is 0 Å². The predicted octanol–water partition coefficient (Wildman–Crippen LogP) is 12.0. The van der Waals surface area contributed by atoms with Crippen LogP contribution in [0.25, 0.3) is 67.5 Å². The molecule has 4 aromatic heterocycles. The Kier molecular flexibility index (Phi) is 15.2. The van der Waals surface area contributed by atoms with Crippen LogP contribution < -0.4 is 5.73 Å². The number of aliphatic hydroxyl groups is 1. The monoisotopic (exact) mass is 1120 g/mol. The molecule has 15 rings (SSSR count). The molecule has 1 unspecified atom stereocenters. The van der Waals surface area contributed by atoms with Crippen molar-refractivity contribution in [1.29, 1.82) is 0 Å². The number of aryl methyl sites for hydroxylation is 4. The summed E-state index contributed by atoms with van der Waals surface area (Å²) in [5, 5.41) is 9.76. The molecular weight excluding hydrogens is 1060 g/mol. The number of benzene rings is 6. The molecule has 85 heavy (non-hydrogen) atoms. The van der Waals surface area contributed by atoms with Gasteiger partial charge in [-0.25, -0.2) is 29.9 Å². The van der Waals surface area contributed by atoms with Crippen molar-refractivity contribution in [3.05, 3.63) is 237 Å². The summed E-state index contributed by atoms with van der Waals surface area (Å²) in [4.78, 5) is 75.9. The SMILES string of the molecule is Cc1nc(-c2ccccc2)c2c(n1)-c1cc(CN3CCC(O)C3)ccc1C2=O.Cc1nc(-c2ccccc2)c2c(n1)-c1cc(CN3CCCC3)ccc1C2=O.Nc1nc(-c2ccccc2)c2c(n1)-c1cc(CCCc3ccccn3)ccc1C2=O. The number of carbonyl (C=O) groups is 3. The van der Waals surface area contributed by atoms with Gasteiger partial charge in [-0.05, 0) is 112 Å². The van der Waals surface area contributed by atoms with Crippen molar-refractivity contribution >= 4 is 23.3 Å². The van der Waals surface area contributed by atoms with E-state index < -0.39 is 0 Å². The molecule has 14 nitrogen and oxygen atoms in total. The molecule has 1 atom stereocenters. The van der Waals surface area contributed by atoms with Gasteiger partial charge in [0, 0.05) is 88.1 Å². The van der Waals surface area contributed by atoms with Crippen molar-refractivity contribution in [2.75, 3.05) is 31.9 Å². The molecule has 6 aromatic carbocycles. The minimum Gasteiger partial charge on any atom is -0.392 e. The quantitative estimate of drug-likeness (QED) is 0.124. The van der Waals surface area contributed by atoms with Crippen LogP contribution in [0, 0.1) is 13.8 Å². The molecule has 5 aliphatic rings. The molecular formula is C71H62N10O4. The fraction of sp³-hybridized carbons (Fsp3) is 0.211. The van der Waals surface area contributed by atoms with Crippen LogP contribution in [0.1, 0.15) is 107 Å². The molecule has 6 heterocycles. The number of hydrogen-bond acceptors (Lipinski definition) is 14. The summed E-state index contributed by atoms with van der Waals surface area (Å²) in [6.07, 6.45) is 7.76. The zero-order chi connectivity index (χ0) is 58.1. The molecule has 2 aliphatic heterocycles. The maximum Gasteiger partial charge on any atom is 0.221 e. The highest BCUT2D eigenvalue weighted by molar-refractivity contribution is 6.25. The second kappa shape index (κ2) is 23.6. The zero-order valence-electron chi connectivity index (χ0n) is 47.5. The summed E-state index contributed by atoms with van der Waals surface area (Å²) in [6.45, 7) is 9.38. The third kappa shape index (κ3) is 11.1. The molecule has 0 saturated carbocycles. The van der Waals surface area contributed by atoms with Crippen LogP contribution in [0.15, 0.2) is 170 Å². The van der Waals surface area contributed by atoms with Crippen LogP contribution in [0.4, 0.5) is 5.95 Å². The number of ketones is 3. The van der Waals surface area contributed by atoms with Gasteiger partial charge >= 0.3 is 0 Å². The molecule has 14 heteroatoms. The lowest BCUT2D eigenvalue weighted by molar-refractivity contribution is 0.103. The van der Waals surface area contributed by atoms with Gasteiger partial charge in [-0.3, -0.25) is 29.2 Å². The summed E-state index contributed by atoms with van der Waals surface area (Å²) >= 11 is 0. The second-order valence-corrected chi connectivity index (χ2v) is 22.4. The molecule has 0 amide bonds. The Hall–Kier alpha value is -9.60. The van der Waals surface area contributed by atoms with Gasteiger partial charge in [0.25, 0.3) is 0 Å². The Bertz CT molecular complexity index is 4210. The minimum atomic E-state index is -0.236. The topological polar surface area (TPSA) is 194 Å². The van der Waals surface area contributed by atoms with Crippen molar-refractivity contribution in [2.45, 2.75) is 71.6 Å². The lowest BCUT2D eigenvalue weighted by Gasteiger charge is -2.15. The Balaban J connectivity index is 0.000000119. The second-order valence-electron chi connectivity index (χ2n) is 22.4. The van der Waals surface area contributed by atoms with Crippen molar-refractivity contribution < 1.29 is 19.5 Å². The smallest absolute Gasteiger partial charge is 0.221 e. The number of carbonyl (C=O) groups excluding carboxylic acids is 3. The number of hydrogen-bond donors (Lipinski definition) is 2. The number of rotatable bonds is 11. The number of aromatic nitrogens is 7. The number of anilines is 1. The lowest BCUT2D eigenvalue weighted by Crippen LogP contribution is -2.21. The van der Waals surface area contributed by atoms with Crippen LogP contribution in [-0.4, -0.2) is 99.4 Å². The van der Waals surface area contributed by atoms with Gasteiger partial charge in [-0.15, -0.1) is 0 Å². The van der Waals surface area contributed by atoms with Crippen LogP contribution in [0.5, 0.6) is 0 Å². The van der Waals surface area contributed by atoms with Gasteiger partial charge in [-0.1, -0.05) is 133 Å². The van der Waals surface area contributed by atoms with E-state index in [0.717, 1.165) is 126 Å². The zero-order valence-corrected chi connectivity index (χ0v) is 47.5. The Morgan fingerprint density at radius 2 is 0.882 bits per heavy atom. The predicted molar refractivity (Wildman–Crippen MR) is 330 cm³/mol. The highest BCUT2D eigenvalue weighted by Gasteiger charge is 2.36. The largest absolute Gasteiger partial charge is 0.392 e. The highest BCUT2D eigenvalue weighted by atomic mass is 16.3. The van der Waals surface area contributed by atoms with Crippen molar-refractivity contribution in [3.63, 3.8) is 0 Å². The molecule has 2 fully saturated rings. The number of pyridine rings is 1. The van der Waals surface area contributed by atoms with Gasteiger partial charge in [-0.2, -0.15) is 0 Å². The molecule has 0 radical (unpaired) electrons. The maximum absolute atomic E-state index is 13.2. The van der Waals surface area contributed by atoms with E-state index in [4.69, 9.17) is 5.73 Å². The fourth-order valence-corrected chi connectivity index (χ4v) is 12.4. The fourth-order valence-electron chi connectivity index (χ4n) is 12.4. The molecule has 10 aromatic rings. The summed E-state index contributed by atoms with van der Waals surface area (Å²) in [7, 11) is 0. The van der Waals surface area contributed by atoms with Crippen LogP contribution in [0.2, 0.25) is 0 Å². The normalized spacial score (nSPS) is 15.3. The van der Waals surface area contributed by atoms with E-state index in [0.29, 0.717) is 63.1 Å². The summed E-state index contributed by atoms with van der Waals surface area (Å²) in [5.41, 5.74) is 24.1. The molecule has 420 valence electrons. The Labute approximate surface area is 493 Å². The van der Waals surface area contributed by atoms with E-state index in [1.54, 1.807) is 0 Å². The van der Waals surface area contributed by atoms with E-state index in [9.17, 15) is 19.5 Å². The van der Waals surface area contributed by atoms with E-state index >= 15 is 0 Å². The summed E-state index contributed by atoms with van der Waals surface area (Å²) in [6, 6.07) is 53.5. The first-order chi connectivity index (χ1) is 41.5. The molecule has 2 saturated heterocycles. The Morgan fingerprint density at radius 1 is 0.459 bits per heavy atom. The summed E-state index contributed by atoms with van der Waals surface area (Å²) in [5.74, 6) is 1.51. The Morgan fingerprint density at radius 3 is 1.35 bits per heavy atom. The molecule has 3 aliphatic carbocycles. The van der Waals surface area contributed by atoms with Gasteiger partial charge in [0.2, 0.25) is 5.95 Å². The van der Waals surface area contributed by atoms with Gasteiger partial charge in [0.15, 0.2) is 17.3 Å².